The molecule has 12 aromatic rings. The molecule has 0 saturated heterocycles. The number of benzene rings is 11. The van der Waals surface area contributed by atoms with Gasteiger partial charge in [-0.2, -0.15) is 0 Å². The van der Waals surface area contributed by atoms with E-state index in [2.05, 4.69) is 212 Å². The maximum absolute atomic E-state index is 5.43. The molecule has 15 rings (SSSR count). The first kappa shape index (κ1) is 36.8. The van der Waals surface area contributed by atoms with E-state index in [0.29, 0.717) is 17.5 Å². The van der Waals surface area contributed by atoms with Crippen molar-refractivity contribution in [2.75, 3.05) is 0 Å². The Morgan fingerprint density at radius 3 is 1.19 bits per heavy atom. The van der Waals surface area contributed by atoms with Gasteiger partial charge in [0.2, 0.25) is 0 Å². The fourth-order valence-electron chi connectivity index (χ4n) is 12.4. The van der Waals surface area contributed by atoms with Crippen LogP contribution in [-0.4, -0.2) is 15.0 Å². The molecule has 1 aromatic heterocycles. The quantitative estimate of drug-likeness (QED) is 0.166. The van der Waals surface area contributed by atoms with Crippen molar-refractivity contribution >= 4 is 70.2 Å². The van der Waals surface area contributed by atoms with Gasteiger partial charge in [0.1, 0.15) is 0 Å². The number of fused-ring (bicyclic) bond motifs is 21. The smallest absolute Gasteiger partial charge is 0.164 e. The third-order valence-electron chi connectivity index (χ3n) is 15.2. The zero-order chi connectivity index (χ0) is 43.8. The van der Waals surface area contributed by atoms with Crippen LogP contribution >= 0.6 is 0 Å². The van der Waals surface area contributed by atoms with Crippen LogP contribution < -0.4 is 0 Å². The molecule has 11 aromatic carbocycles. The monoisotopic (exact) mass is 849 g/mol. The Labute approximate surface area is 387 Å². The molecule has 3 aliphatic rings. The van der Waals surface area contributed by atoms with E-state index in [1.54, 1.807) is 0 Å². The van der Waals surface area contributed by atoms with Gasteiger partial charge >= 0.3 is 0 Å². The van der Waals surface area contributed by atoms with Crippen LogP contribution in [-0.2, 0) is 5.41 Å². The van der Waals surface area contributed by atoms with Crippen molar-refractivity contribution < 1.29 is 0 Å². The first-order valence-electron chi connectivity index (χ1n) is 23.4. The lowest BCUT2D eigenvalue weighted by atomic mass is 9.68. The largest absolute Gasteiger partial charge is 0.208 e. The van der Waals surface area contributed by atoms with Crippen molar-refractivity contribution in [2.24, 2.45) is 0 Å². The Morgan fingerprint density at radius 1 is 0.313 bits per heavy atom. The van der Waals surface area contributed by atoms with Crippen LogP contribution in [0.5, 0.6) is 0 Å². The molecule has 0 saturated carbocycles. The van der Waals surface area contributed by atoms with Crippen LogP contribution in [0.2, 0.25) is 0 Å². The number of hydrogen-bond donors (Lipinski definition) is 0. The van der Waals surface area contributed by atoms with Crippen molar-refractivity contribution in [2.45, 2.75) is 18.3 Å². The lowest BCUT2D eigenvalue weighted by Crippen LogP contribution is -2.27. The summed E-state index contributed by atoms with van der Waals surface area (Å²) in [5, 5.41) is 14.7. The van der Waals surface area contributed by atoms with Crippen molar-refractivity contribution in [3.05, 3.63) is 240 Å². The number of rotatable bonds is 3. The Balaban J connectivity index is 0.977. The van der Waals surface area contributed by atoms with Gasteiger partial charge < -0.3 is 0 Å². The Kier molecular flexibility index (Phi) is 7.54. The van der Waals surface area contributed by atoms with E-state index < -0.39 is 0 Å². The lowest BCUT2D eigenvalue weighted by molar-refractivity contribution is 0.714. The molecule has 1 unspecified atom stereocenters. The standard InChI is InChI=1S/C64H39N3/c1-3-19-45-41(15-1)43-17-5-7-21-47(43)54-35-38(29-32-49(45)54)61-65-62(39-30-33-50-46-20-4-2-16-42(46)44-18-6-8-22-48(44)55(50)36-39)67-63(66-61)40-31-34-60-56(37-40)53-25-11-14-28-59(53)64(60)57-26-12-9-23-51(57)52-24-10-13-27-58(52)64/h1-12,14-26,28-37H,13,27H2. The van der Waals surface area contributed by atoms with E-state index in [9.17, 15) is 0 Å². The van der Waals surface area contributed by atoms with Gasteiger partial charge in [-0.15, -0.1) is 0 Å². The molecule has 3 heteroatoms. The summed E-state index contributed by atoms with van der Waals surface area (Å²) in [4.78, 5) is 16.3. The van der Waals surface area contributed by atoms with Gasteiger partial charge in [0.25, 0.3) is 0 Å². The van der Waals surface area contributed by atoms with Gasteiger partial charge in [0.15, 0.2) is 17.5 Å². The minimum absolute atomic E-state index is 0.341. The molecule has 0 amide bonds. The van der Waals surface area contributed by atoms with Crippen LogP contribution in [0.25, 0.3) is 115 Å². The van der Waals surface area contributed by atoms with E-state index in [-0.39, 0.29) is 5.41 Å². The topological polar surface area (TPSA) is 38.7 Å². The summed E-state index contributed by atoms with van der Waals surface area (Å²) in [6.07, 6.45) is 6.79. The minimum atomic E-state index is -0.341. The maximum Gasteiger partial charge on any atom is 0.164 e. The van der Waals surface area contributed by atoms with Crippen molar-refractivity contribution in [1.29, 1.82) is 0 Å². The Morgan fingerprint density at radius 2 is 0.687 bits per heavy atom. The molecular formula is C64H39N3. The summed E-state index contributed by atoms with van der Waals surface area (Å²) in [6.45, 7) is 0. The van der Waals surface area contributed by atoms with E-state index >= 15 is 0 Å². The predicted octanol–water partition coefficient (Wildman–Crippen LogP) is 16.2. The molecule has 3 aliphatic carbocycles. The zero-order valence-electron chi connectivity index (χ0n) is 36.5. The average molecular weight is 850 g/mol. The summed E-state index contributed by atoms with van der Waals surface area (Å²) in [5.74, 6) is 1.95. The average Bonchev–Trinajstić information content (AvgIpc) is 3.88. The maximum atomic E-state index is 5.43. The predicted molar refractivity (Wildman–Crippen MR) is 278 cm³/mol. The van der Waals surface area contributed by atoms with E-state index in [4.69, 9.17) is 15.0 Å². The van der Waals surface area contributed by atoms with Gasteiger partial charge in [-0.25, -0.2) is 15.0 Å². The highest BCUT2D eigenvalue weighted by atomic mass is 15.0. The molecule has 310 valence electrons. The van der Waals surface area contributed by atoms with Crippen LogP contribution in [0.4, 0.5) is 0 Å². The Bertz CT molecular complexity index is 3980. The van der Waals surface area contributed by atoms with Crippen molar-refractivity contribution in [3.63, 3.8) is 0 Å². The second-order valence-electron chi connectivity index (χ2n) is 18.4. The molecule has 1 atom stereocenters. The number of aromatic nitrogens is 3. The SMILES string of the molecule is C1=CC2=C(CC1)C1(c3ccccc32)c2ccccc2-c2cc(-c3nc(-c4ccc5c6ccccc6c6ccccc6c5c4)nc(-c4ccc5c6ccccc6c6ccccc6c5c4)n3)ccc21. The third kappa shape index (κ3) is 5.03. The highest BCUT2D eigenvalue weighted by molar-refractivity contribution is 6.27. The fourth-order valence-corrected chi connectivity index (χ4v) is 12.4. The van der Waals surface area contributed by atoms with Gasteiger partial charge in [0.05, 0.1) is 5.41 Å². The van der Waals surface area contributed by atoms with Crippen molar-refractivity contribution in [3.8, 4) is 45.3 Å². The molecular weight excluding hydrogens is 811 g/mol. The van der Waals surface area contributed by atoms with Crippen LogP contribution in [0.1, 0.15) is 35.1 Å². The summed E-state index contributed by atoms with van der Waals surface area (Å²) >= 11 is 0. The number of nitrogens with zero attached hydrogens (tertiary/aromatic N) is 3. The zero-order valence-corrected chi connectivity index (χ0v) is 36.5. The number of allylic oxidation sites excluding steroid dienone is 4. The fraction of sp³-hybridized carbons (Fsp3) is 0.0469. The van der Waals surface area contributed by atoms with Crippen LogP contribution in [0, 0.1) is 0 Å². The molecule has 1 heterocycles. The summed E-state index contributed by atoms with van der Waals surface area (Å²) < 4.78 is 0. The summed E-state index contributed by atoms with van der Waals surface area (Å²) in [6, 6.07) is 73.5. The molecule has 0 N–H and O–H groups in total. The highest BCUT2D eigenvalue weighted by Crippen LogP contribution is 2.63. The van der Waals surface area contributed by atoms with E-state index in [1.807, 2.05) is 0 Å². The molecule has 0 radical (unpaired) electrons. The summed E-state index contributed by atoms with van der Waals surface area (Å²) in [5.41, 5.74) is 13.4. The number of hydrogen-bond acceptors (Lipinski definition) is 3. The molecule has 0 bridgehead atoms. The molecule has 1 spiro atoms. The first-order chi connectivity index (χ1) is 33.2. The van der Waals surface area contributed by atoms with E-state index in [0.717, 1.165) is 29.5 Å². The van der Waals surface area contributed by atoms with E-state index in [1.165, 1.54) is 109 Å². The first-order valence-corrected chi connectivity index (χ1v) is 23.4. The molecule has 0 fully saturated rings. The normalized spacial score (nSPS) is 15.9. The second kappa shape index (κ2) is 13.7. The summed E-state index contributed by atoms with van der Waals surface area (Å²) in [7, 11) is 0. The Hall–Kier alpha value is -8.53. The molecule has 3 nitrogen and oxygen atoms in total. The second-order valence-corrected chi connectivity index (χ2v) is 18.4. The van der Waals surface area contributed by atoms with Gasteiger partial charge in [0, 0.05) is 16.7 Å². The van der Waals surface area contributed by atoms with Gasteiger partial charge in [-0.1, -0.05) is 194 Å². The third-order valence-corrected chi connectivity index (χ3v) is 15.2. The van der Waals surface area contributed by atoms with Crippen LogP contribution in [0.15, 0.2) is 218 Å². The van der Waals surface area contributed by atoms with Gasteiger partial charge in [-0.3, -0.25) is 0 Å². The lowest BCUT2D eigenvalue weighted by Gasteiger charge is -2.33. The van der Waals surface area contributed by atoms with Gasteiger partial charge in [-0.05, 0) is 140 Å². The van der Waals surface area contributed by atoms with Crippen LogP contribution in [0.3, 0.4) is 0 Å². The molecule has 0 aliphatic heterocycles. The van der Waals surface area contributed by atoms with Crippen molar-refractivity contribution in [1.82, 2.24) is 15.0 Å². The molecule has 67 heavy (non-hydrogen) atoms. The minimum Gasteiger partial charge on any atom is -0.208 e. The highest BCUT2D eigenvalue weighted by Gasteiger charge is 2.52.